The molecule has 32 heavy (non-hydrogen) atoms. The zero-order valence-electron chi connectivity index (χ0n) is 18.4. The van der Waals surface area contributed by atoms with Crippen LogP contribution in [-0.2, 0) is 12.6 Å². The second-order valence-electron chi connectivity index (χ2n) is 9.10. The lowest BCUT2D eigenvalue weighted by atomic mass is 9.82. The molecule has 1 fully saturated rings. The number of piperidine rings is 1. The van der Waals surface area contributed by atoms with Crippen molar-refractivity contribution in [2.24, 2.45) is 5.92 Å². The lowest BCUT2D eigenvalue weighted by molar-refractivity contribution is -0.136. The fourth-order valence-electron chi connectivity index (χ4n) is 4.81. The maximum absolute atomic E-state index is 13.4. The summed E-state index contributed by atoms with van der Waals surface area (Å²) < 4.78 is 79.9. The van der Waals surface area contributed by atoms with E-state index in [-0.39, 0.29) is 29.9 Å². The number of nitrogens with zero attached hydrogens (tertiary/aromatic N) is 1. The van der Waals surface area contributed by atoms with E-state index in [0.717, 1.165) is 18.9 Å². The zero-order chi connectivity index (χ0) is 23.7. The fourth-order valence-corrected chi connectivity index (χ4v) is 4.81. The molecule has 1 aromatic heterocycles. The molecule has 0 spiro atoms. The van der Waals surface area contributed by atoms with Crippen LogP contribution in [0.3, 0.4) is 0 Å². The summed E-state index contributed by atoms with van der Waals surface area (Å²) in [6, 6.07) is 3.04. The highest BCUT2D eigenvalue weighted by atomic mass is 19.4. The molecule has 1 aliphatic rings. The number of alkyl halides is 6. The predicted molar refractivity (Wildman–Crippen MR) is 112 cm³/mol. The Kier molecular flexibility index (Phi) is 7.27. The third-order valence-electron chi connectivity index (χ3n) is 6.24. The smallest absolute Gasteiger partial charge is 0.345 e. The molecule has 3 unspecified atom stereocenters. The molecule has 178 valence electrons. The Morgan fingerprint density at radius 3 is 2.41 bits per heavy atom. The Bertz CT molecular complexity index is 953. The fraction of sp³-hybridized carbons (Fsp3) is 0.609. The molecule has 0 amide bonds. The van der Waals surface area contributed by atoms with E-state index in [0.29, 0.717) is 35.9 Å². The minimum atomic E-state index is -4.49. The van der Waals surface area contributed by atoms with Crippen LogP contribution < -0.4 is 5.32 Å². The number of fused-ring (bicyclic) bond motifs is 1. The first-order valence-corrected chi connectivity index (χ1v) is 10.9. The summed E-state index contributed by atoms with van der Waals surface area (Å²) in [5.74, 6) is 0.147. The molecule has 9 heteroatoms. The number of nitrogens with one attached hydrogen (secondary N) is 2. The van der Waals surface area contributed by atoms with E-state index >= 15 is 0 Å². The molecule has 1 saturated heterocycles. The minimum Gasteiger partial charge on any atom is -0.345 e. The van der Waals surface area contributed by atoms with Gasteiger partial charge in [0.15, 0.2) is 0 Å². The van der Waals surface area contributed by atoms with Gasteiger partial charge < -0.3 is 10.3 Å². The Morgan fingerprint density at radius 2 is 1.78 bits per heavy atom. The number of rotatable bonds is 6. The Labute approximate surface area is 183 Å². The van der Waals surface area contributed by atoms with Crippen LogP contribution in [0.4, 0.5) is 26.3 Å². The van der Waals surface area contributed by atoms with Crippen molar-refractivity contribution < 1.29 is 26.3 Å². The van der Waals surface area contributed by atoms with E-state index in [4.69, 9.17) is 0 Å². The SMILES string of the molecule is CC(C)=C(CCC1CC(C)NC(CCc2cc(C(F)(F)F)c3nc[nH]c3c2)C1)C(F)(F)F. The largest absolute Gasteiger partial charge is 0.418 e. The molecule has 0 bridgehead atoms. The number of hydrogen-bond donors (Lipinski definition) is 2. The van der Waals surface area contributed by atoms with Crippen LogP contribution in [0.25, 0.3) is 11.0 Å². The van der Waals surface area contributed by atoms with E-state index in [1.807, 2.05) is 6.92 Å². The van der Waals surface area contributed by atoms with Gasteiger partial charge >= 0.3 is 12.4 Å². The molecule has 3 nitrogen and oxygen atoms in total. The standard InChI is InChI=1S/C23H29F6N3/c1-13(2)18(22(24,25)26)7-5-15-8-14(3)32-17(9-15)6-4-16-10-19(23(27,28)29)21-20(11-16)30-12-31-21/h10-12,14-15,17,32H,4-9H2,1-3H3,(H,30,31). The van der Waals surface area contributed by atoms with Gasteiger partial charge in [0.2, 0.25) is 0 Å². The molecule has 1 aromatic carbocycles. The maximum Gasteiger partial charge on any atom is 0.418 e. The zero-order valence-corrected chi connectivity index (χ0v) is 18.4. The van der Waals surface area contributed by atoms with Crippen LogP contribution in [0.1, 0.15) is 64.0 Å². The van der Waals surface area contributed by atoms with Crippen LogP contribution >= 0.6 is 0 Å². The molecule has 3 rings (SSSR count). The molecule has 3 atom stereocenters. The quantitative estimate of drug-likeness (QED) is 0.361. The number of benzene rings is 1. The molecule has 0 saturated carbocycles. The van der Waals surface area contributed by atoms with Crippen LogP contribution in [0, 0.1) is 5.92 Å². The summed E-state index contributed by atoms with van der Waals surface area (Å²) in [7, 11) is 0. The topological polar surface area (TPSA) is 40.7 Å². The third-order valence-corrected chi connectivity index (χ3v) is 6.24. The third kappa shape index (κ3) is 6.05. The summed E-state index contributed by atoms with van der Waals surface area (Å²) in [6.07, 6.45) is -4.52. The van der Waals surface area contributed by atoms with E-state index in [2.05, 4.69) is 15.3 Å². The van der Waals surface area contributed by atoms with Gasteiger partial charge in [-0.25, -0.2) is 4.98 Å². The molecular formula is C23H29F6N3. The lowest BCUT2D eigenvalue weighted by Crippen LogP contribution is -2.44. The van der Waals surface area contributed by atoms with Gasteiger partial charge in [0.1, 0.15) is 5.52 Å². The second-order valence-corrected chi connectivity index (χ2v) is 9.10. The van der Waals surface area contributed by atoms with E-state index in [1.54, 1.807) is 6.07 Å². The Morgan fingerprint density at radius 1 is 1.06 bits per heavy atom. The second kappa shape index (κ2) is 9.45. The van der Waals surface area contributed by atoms with Gasteiger partial charge in [0.05, 0.1) is 17.4 Å². The number of imidazole rings is 1. The average Bonchev–Trinajstić information content (AvgIpc) is 3.11. The van der Waals surface area contributed by atoms with Crippen molar-refractivity contribution in [3.63, 3.8) is 0 Å². The summed E-state index contributed by atoms with van der Waals surface area (Å²) in [6.45, 7) is 4.98. The van der Waals surface area contributed by atoms with Crippen molar-refractivity contribution in [3.05, 3.63) is 40.7 Å². The van der Waals surface area contributed by atoms with Crippen LogP contribution in [0.5, 0.6) is 0 Å². The molecule has 2 N–H and O–H groups in total. The predicted octanol–water partition coefficient (Wildman–Crippen LogP) is 6.95. The van der Waals surface area contributed by atoms with Gasteiger partial charge in [-0.1, -0.05) is 5.57 Å². The summed E-state index contributed by atoms with van der Waals surface area (Å²) >= 11 is 0. The molecule has 0 aliphatic carbocycles. The van der Waals surface area contributed by atoms with Crippen molar-refractivity contribution in [2.75, 3.05) is 0 Å². The van der Waals surface area contributed by atoms with Crippen LogP contribution in [0.15, 0.2) is 29.6 Å². The highest BCUT2D eigenvalue weighted by molar-refractivity contribution is 5.79. The highest BCUT2D eigenvalue weighted by Crippen LogP contribution is 2.37. The molecule has 2 aromatic rings. The van der Waals surface area contributed by atoms with Gasteiger partial charge in [0, 0.05) is 17.7 Å². The summed E-state index contributed by atoms with van der Waals surface area (Å²) in [5, 5.41) is 3.46. The number of aromatic nitrogens is 2. The van der Waals surface area contributed by atoms with Gasteiger partial charge in [-0.15, -0.1) is 0 Å². The maximum atomic E-state index is 13.4. The minimum absolute atomic E-state index is 0.00136. The van der Waals surface area contributed by atoms with Crippen LogP contribution in [-0.4, -0.2) is 28.2 Å². The van der Waals surface area contributed by atoms with Gasteiger partial charge in [-0.05, 0) is 82.9 Å². The highest BCUT2D eigenvalue weighted by Gasteiger charge is 2.36. The first-order chi connectivity index (χ1) is 14.8. The molecule has 0 radical (unpaired) electrons. The van der Waals surface area contributed by atoms with Gasteiger partial charge in [-0.2, -0.15) is 26.3 Å². The number of aromatic amines is 1. The number of aryl methyl sites for hydroxylation is 1. The van der Waals surface area contributed by atoms with Crippen molar-refractivity contribution in [1.29, 1.82) is 0 Å². The molecule has 2 heterocycles. The van der Waals surface area contributed by atoms with Gasteiger partial charge in [0.25, 0.3) is 0 Å². The Balaban J connectivity index is 1.65. The van der Waals surface area contributed by atoms with Crippen LogP contribution in [0.2, 0.25) is 0 Å². The first-order valence-electron chi connectivity index (χ1n) is 10.9. The van der Waals surface area contributed by atoms with E-state index in [1.165, 1.54) is 20.2 Å². The van der Waals surface area contributed by atoms with Crippen molar-refractivity contribution in [2.45, 2.75) is 83.7 Å². The van der Waals surface area contributed by atoms with E-state index < -0.39 is 23.5 Å². The molecular weight excluding hydrogens is 432 g/mol. The number of halogens is 6. The first kappa shape index (κ1) is 24.6. The van der Waals surface area contributed by atoms with Crippen molar-refractivity contribution in [1.82, 2.24) is 15.3 Å². The number of hydrogen-bond acceptors (Lipinski definition) is 2. The van der Waals surface area contributed by atoms with Gasteiger partial charge in [-0.3, -0.25) is 0 Å². The average molecular weight is 461 g/mol. The summed E-state index contributed by atoms with van der Waals surface area (Å²) in [4.78, 5) is 6.54. The normalized spacial score (nSPS) is 22.3. The monoisotopic (exact) mass is 461 g/mol. The Hall–Kier alpha value is -2.03. The number of allylic oxidation sites excluding steroid dienone is 2. The van der Waals surface area contributed by atoms with E-state index in [9.17, 15) is 26.3 Å². The lowest BCUT2D eigenvalue weighted by Gasteiger charge is -2.35. The van der Waals surface area contributed by atoms with Crippen molar-refractivity contribution in [3.8, 4) is 0 Å². The van der Waals surface area contributed by atoms with Crippen molar-refractivity contribution >= 4 is 11.0 Å². The summed E-state index contributed by atoms with van der Waals surface area (Å²) in [5.41, 5.74) is -0.0897. The molecule has 1 aliphatic heterocycles. The number of H-pyrrole nitrogens is 1.